The van der Waals surface area contributed by atoms with Gasteiger partial charge in [0.1, 0.15) is 6.10 Å². The van der Waals surface area contributed by atoms with Gasteiger partial charge in [-0.05, 0) is 25.0 Å². The van der Waals surface area contributed by atoms with E-state index in [4.69, 9.17) is 9.72 Å². The number of nitrogens with zero attached hydrogens (tertiary/aromatic N) is 1. The molecule has 1 atom stereocenters. The first-order valence-electron chi connectivity index (χ1n) is 6.57. The van der Waals surface area contributed by atoms with Crippen molar-refractivity contribution in [1.82, 2.24) is 10.3 Å². The summed E-state index contributed by atoms with van der Waals surface area (Å²) in [6.45, 7) is 5.93. The first-order chi connectivity index (χ1) is 8.78. The minimum atomic E-state index is 0.171. The molecular formula is C15H18N2O. The van der Waals surface area contributed by atoms with Crippen molar-refractivity contribution in [3.63, 3.8) is 0 Å². The van der Waals surface area contributed by atoms with Gasteiger partial charge in [-0.15, -0.1) is 0 Å². The molecule has 18 heavy (non-hydrogen) atoms. The SMILES string of the molecule is CCc1cccc2cc3c(nc12)O[C@H](C)CNC3. The molecule has 2 heterocycles. The van der Waals surface area contributed by atoms with E-state index in [-0.39, 0.29) is 6.10 Å². The quantitative estimate of drug-likeness (QED) is 0.834. The van der Waals surface area contributed by atoms with E-state index in [1.807, 2.05) is 0 Å². The van der Waals surface area contributed by atoms with Crippen LogP contribution in [0.5, 0.6) is 5.88 Å². The fraction of sp³-hybridized carbons (Fsp3) is 0.400. The van der Waals surface area contributed by atoms with E-state index < -0.39 is 0 Å². The summed E-state index contributed by atoms with van der Waals surface area (Å²) in [5.74, 6) is 0.793. The Balaban J connectivity index is 2.19. The molecule has 0 spiro atoms. The summed E-state index contributed by atoms with van der Waals surface area (Å²) in [4.78, 5) is 4.73. The van der Waals surface area contributed by atoms with Crippen molar-refractivity contribution in [2.45, 2.75) is 32.9 Å². The third-order valence-corrected chi connectivity index (χ3v) is 3.41. The van der Waals surface area contributed by atoms with Crippen LogP contribution in [0.4, 0.5) is 0 Å². The lowest BCUT2D eigenvalue weighted by molar-refractivity contribution is 0.218. The van der Waals surface area contributed by atoms with Crippen LogP contribution in [-0.4, -0.2) is 17.6 Å². The van der Waals surface area contributed by atoms with Gasteiger partial charge in [-0.3, -0.25) is 0 Å². The van der Waals surface area contributed by atoms with Crippen molar-refractivity contribution < 1.29 is 4.74 Å². The highest BCUT2D eigenvalue weighted by Crippen LogP contribution is 2.26. The van der Waals surface area contributed by atoms with Gasteiger partial charge in [0, 0.05) is 24.0 Å². The smallest absolute Gasteiger partial charge is 0.218 e. The average Bonchev–Trinajstić information content (AvgIpc) is 2.55. The van der Waals surface area contributed by atoms with Crippen molar-refractivity contribution in [3.05, 3.63) is 35.4 Å². The molecule has 3 nitrogen and oxygen atoms in total. The van der Waals surface area contributed by atoms with Gasteiger partial charge in [-0.25, -0.2) is 4.98 Å². The maximum absolute atomic E-state index is 5.89. The molecule has 0 aliphatic carbocycles. The molecule has 0 saturated carbocycles. The number of hydrogen-bond acceptors (Lipinski definition) is 3. The maximum atomic E-state index is 5.89. The second-order valence-corrected chi connectivity index (χ2v) is 4.85. The molecule has 1 N–H and O–H groups in total. The summed E-state index contributed by atoms with van der Waals surface area (Å²) in [6, 6.07) is 8.56. The molecule has 0 radical (unpaired) electrons. The minimum absolute atomic E-state index is 0.171. The molecule has 1 aliphatic heterocycles. The second-order valence-electron chi connectivity index (χ2n) is 4.85. The monoisotopic (exact) mass is 242 g/mol. The highest BCUT2D eigenvalue weighted by Gasteiger charge is 2.16. The fourth-order valence-corrected chi connectivity index (χ4v) is 2.44. The standard InChI is InChI=1S/C15H18N2O/c1-3-11-5-4-6-12-7-13-9-16-8-10(2)18-15(13)17-14(11)12/h4-7,10,16H,3,8-9H2,1-2H3/t10-/m1/s1. The highest BCUT2D eigenvalue weighted by atomic mass is 16.5. The Morgan fingerprint density at radius 3 is 3.17 bits per heavy atom. The first kappa shape index (κ1) is 11.5. The summed E-state index contributed by atoms with van der Waals surface area (Å²) in [6.07, 6.45) is 1.17. The lowest BCUT2D eigenvalue weighted by Gasteiger charge is -2.12. The molecule has 1 aromatic carbocycles. The van der Waals surface area contributed by atoms with Crippen LogP contribution in [0.1, 0.15) is 25.0 Å². The summed E-state index contributed by atoms with van der Waals surface area (Å²) >= 11 is 0. The third kappa shape index (κ3) is 1.95. The average molecular weight is 242 g/mol. The number of rotatable bonds is 1. The number of fused-ring (bicyclic) bond motifs is 2. The molecule has 0 unspecified atom stereocenters. The van der Waals surface area contributed by atoms with Crippen LogP contribution < -0.4 is 10.1 Å². The fourth-order valence-electron chi connectivity index (χ4n) is 2.44. The molecule has 0 amide bonds. The summed E-state index contributed by atoms with van der Waals surface area (Å²) in [5.41, 5.74) is 3.51. The Kier molecular flexibility index (Phi) is 2.92. The number of aryl methyl sites for hydroxylation is 1. The lowest BCUT2D eigenvalue weighted by atomic mass is 10.1. The number of para-hydroxylation sites is 1. The number of hydrogen-bond donors (Lipinski definition) is 1. The van der Waals surface area contributed by atoms with Crippen LogP contribution in [0.15, 0.2) is 24.3 Å². The second kappa shape index (κ2) is 4.58. The van der Waals surface area contributed by atoms with Gasteiger partial charge in [0.05, 0.1) is 5.52 Å². The van der Waals surface area contributed by atoms with Gasteiger partial charge in [-0.2, -0.15) is 0 Å². The van der Waals surface area contributed by atoms with E-state index in [0.29, 0.717) is 0 Å². The Morgan fingerprint density at radius 1 is 1.44 bits per heavy atom. The van der Waals surface area contributed by atoms with Crippen molar-refractivity contribution in [2.24, 2.45) is 0 Å². The normalized spacial score (nSPS) is 19.1. The van der Waals surface area contributed by atoms with E-state index in [2.05, 4.69) is 43.4 Å². The summed E-state index contributed by atoms with van der Waals surface area (Å²) in [5, 5.41) is 4.58. The summed E-state index contributed by atoms with van der Waals surface area (Å²) < 4.78 is 5.89. The van der Waals surface area contributed by atoms with Crippen molar-refractivity contribution in [3.8, 4) is 5.88 Å². The molecule has 1 aromatic heterocycles. The topological polar surface area (TPSA) is 34.1 Å². The zero-order chi connectivity index (χ0) is 12.5. The highest BCUT2D eigenvalue weighted by molar-refractivity contribution is 5.83. The molecule has 3 rings (SSSR count). The van der Waals surface area contributed by atoms with E-state index in [0.717, 1.165) is 36.5 Å². The van der Waals surface area contributed by atoms with Gasteiger partial charge in [0.15, 0.2) is 0 Å². The molecule has 94 valence electrons. The van der Waals surface area contributed by atoms with Gasteiger partial charge < -0.3 is 10.1 Å². The lowest BCUT2D eigenvalue weighted by Crippen LogP contribution is -2.25. The number of aromatic nitrogens is 1. The van der Waals surface area contributed by atoms with Crippen LogP contribution >= 0.6 is 0 Å². The predicted molar refractivity (Wildman–Crippen MR) is 72.9 cm³/mol. The van der Waals surface area contributed by atoms with Gasteiger partial charge in [0.2, 0.25) is 5.88 Å². The van der Waals surface area contributed by atoms with E-state index in [1.54, 1.807) is 0 Å². The Hall–Kier alpha value is -1.61. The molecule has 0 bridgehead atoms. The minimum Gasteiger partial charge on any atom is -0.473 e. The van der Waals surface area contributed by atoms with Crippen molar-refractivity contribution in [1.29, 1.82) is 0 Å². The Labute approximate surface area is 107 Å². The van der Waals surface area contributed by atoms with Crippen LogP contribution in [0.3, 0.4) is 0 Å². The van der Waals surface area contributed by atoms with E-state index in [9.17, 15) is 0 Å². The largest absolute Gasteiger partial charge is 0.473 e. The molecule has 2 aromatic rings. The van der Waals surface area contributed by atoms with Crippen LogP contribution in [-0.2, 0) is 13.0 Å². The first-order valence-corrected chi connectivity index (χ1v) is 6.57. The number of ether oxygens (including phenoxy) is 1. The predicted octanol–water partition coefficient (Wildman–Crippen LogP) is 2.67. The van der Waals surface area contributed by atoms with E-state index >= 15 is 0 Å². The summed E-state index contributed by atoms with van der Waals surface area (Å²) in [7, 11) is 0. The zero-order valence-electron chi connectivity index (χ0n) is 10.9. The van der Waals surface area contributed by atoms with E-state index in [1.165, 1.54) is 10.9 Å². The van der Waals surface area contributed by atoms with Gasteiger partial charge >= 0.3 is 0 Å². The van der Waals surface area contributed by atoms with Crippen molar-refractivity contribution >= 4 is 10.9 Å². The molecule has 3 heteroatoms. The number of pyridine rings is 1. The van der Waals surface area contributed by atoms with Crippen molar-refractivity contribution in [2.75, 3.05) is 6.54 Å². The number of nitrogens with one attached hydrogen (secondary N) is 1. The van der Waals surface area contributed by atoms with Crippen LogP contribution in [0.25, 0.3) is 10.9 Å². The molecule has 0 saturated heterocycles. The third-order valence-electron chi connectivity index (χ3n) is 3.41. The molecule has 1 aliphatic rings. The van der Waals surface area contributed by atoms with Crippen LogP contribution in [0.2, 0.25) is 0 Å². The Bertz CT molecular complexity index is 580. The maximum Gasteiger partial charge on any atom is 0.218 e. The van der Waals surface area contributed by atoms with Gasteiger partial charge in [-0.1, -0.05) is 25.1 Å². The molecule has 0 fully saturated rings. The molecular weight excluding hydrogens is 224 g/mol. The number of benzene rings is 1. The van der Waals surface area contributed by atoms with Crippen LogP contribution in [0, 0.1) is 0 Å². The van der Waals surface area contributed by atoms with Gasteiger partial charge in [0.25, 0.3) is 0 Å². The zero-order valence-corrected chi connectivity index (χ0v) is 10.9. The Morgan fingerprint density at radius 2 is 2.33 bits per heavy atom.